The van der Waals surface area contributed by atoms with E-state index in [4.69, 9.17) is 4.74 Å². The molecule has 0 bridgehead atoms. The lowest BCUT2D eigenvalue weighted by atomic mass is 10.2. The van der Waals surface area contributed by atoms with E-state index in [9.17, 15) is 35.2 Å². The molecule has 1 heterocycles. The molecule has 2 N–H and O–H groups in total. The lowest BCUT2D eigenvalue weighted by molar-refractivity contribution is 0.249. The average molecular weight is 436 g/mol. The van der Waals surface area contributed by atoms with Crippen LogP contribution in [0.15, 0.2) is 24.3 Å². The minimum atomic E-state index is -3.16. The normalized spacial score (nSPS) is 17.8. The number of amides is 2. The molecular formula is C17H13F5N2O4S. The zero-order valence-corrected chi connectivity index (χ0v) is 15.3. The second kappa shape index (κ2) is 7.85. The molecule has 1 saturated heterocycles. The first-order valence-electron chi connectivity index (χ1n) is 8.14. The number of urea groups is 1. The van der Waals surface area contributed by atoms with Gasteiger partial charge in [0.15, 0.2) is 9.84 Å². The summed E-state index contributed by atoms with van der Waals surface area (Å²) >= 11 is 0. The van der Waals surface area contributed by atoms with Gasteiger partial charge in [-0.3, -0.25) is 0 Å². The summed E-state index contributed by atoms with van der Waals surface area (Å²) in [6, 6.07) is 3.59. The number of ether oxygens (including phenoxy) is 1. The summed E-state index contributed by atoms with van der Waals surface area (Å²) in [7, 11) is -3.16. The molecule has 0 radical (unpaired) electrons. The third-order valence-electron chi connectivity index (χ3n) is 4.07. The second-order valence-electron chi connectivity index (χ2n) is 6.22. The third kappa shape index (κ3) is 4.58. The monoisotopic (exact) mass is 436 g/mol. The molecule has 6 nitrogen and oxygen atoms in total. The van der Waals surface area contributed by atoms with Gasteiger partial charge >= 0.3 is 6.03 Å². The van der Waals surface area contributed by atoms with E-state index in [1.54, 1.807) is 0 Å². The highest BCUT2D eigenvalue weighted by Crippen LogP contribution is 2.33. The number of carbonyl (C=O) groups excluding carboxylic acids is 1. The number of benzene rings is 2. The van der Waals surface area contributed by atoms with Gasteiger partial charge in [-0.25, -0.2) is 26.4 Å². The highest BCUT2D eigenvalue weighted by atomic mass is 32.2. The van der Waals surface area contributed by atoms with Gasteiger partial charge in [0.05, 0.1) is 11.5 Å². The predicted molar refractivity (Wildman–Crippen MR) is 92.0 cm³/mol. The minimum absolute atomic E-state index is 0.0122. The fourth-order valence-electron chi connectivity index (χ4n) is 2.66. The molecule has 2 amide bonds. The van der Waals surface area contributed by atoms with Crippen LogP contribution in [0, 0.1) is 29.1 Å². The highest BCUT2D eigenvalue weighted by Gasteiger charge is 2.29. The van der Waals surface area contributed by atoms with Crippen molar-refractivity contribution in [3.63, 3.8) is 0 Å². The number of hydrogen-bond acceptors (Lipinski definition) is 4. The van der Waals surface area contributed by atoms with Crippen LogP contribution >= 0.6 is 0 Å². The first-order chi connectivity index (χ1) is 13.6. The highest BCUT2D eigenvalue weighted by molar-refractivity contribution is 7.91. The summed E-state index contributed by atoms with van der Waals surface area (Å²) < 4.78 is 94.2. The molecule has 0 aromatic heterocycles. The van der Waals surface area contributed by atoms with Crippen molar-refractivity contribution < 1.29 is 39.9 Å². The van der Waals surface area contributed by atoms with Crippen molar-refractivity contribution in [3.05, 3.63) is 53.4 Å². The second-order valence-corrected chi connectivity index (χ2v) is 8.45. The number of hydrogen-bond donors (Lipinski definition) is 2. The lowest BCUT2D eigenvalue weighted by Crippen LogP contribution is -2.38. The van der Waals surface area contributed by atoms with E-state index in [0.717, 1.165) is 12.1 Å². The molecule has 1 atom stereocenters. The third-order valence-corrected chi connectivity index (χ3v) is 5.84. The summed E-state index contributed by atoms with van der Waals surface area (Å²) in [5.74, 6) is -12.7. The van der Waals surface area contributed by atoms with Crippen molar-refractivity contribution in [1.82, 2.24) is 5.32 Å². The molecule has 0 unspecified atom stereocenters. The van der Waals surface area contributed by atoms with Gasteiger partial charge in [0, 0.05) is 11.7 Å². The van der Waals surface area contributed by atoms with Crippen LogP contribution in [-0.4, -0.2) is 32.0 Å². The van der Waals surface area contributed by atoms with Crippen molar-refractivity contribution in [2.75, 3.05) is 16.8 Å². The van der Waals surface area contributed by atoms with Crippen LogP contribution in [0.3, 0.4) is 0 Å². The van der Waals surface area contributed by atoms with Crippen LogP contribution in [0.4, 0.5) is 32.4 Å². The first-order valence-corrected chi connectivity index (χ1v) is 9.97. The maximum Gasteiger partial charge on any atom is 0.319 e. The molecule has 1 aliphatic heterocycles. The Balaban J connectivity index is 1.66. The van der Waals surface area contributed by atoms with E-state index in [1.165, 1.54) is 12.1 Å². The number of anilines is 1. The van der Waals surface area contributed by atoms with Crippen LogP contribution in [-0.2, 0) is 9.84 Å². The molecule has 0 aliphatic carbocycles. The van der Waals surface area contributed by atoms with Crippen molar-refractivity contribution in [2.45, 2.75) is 12.5 Å². The van der Waals surface area contributed by atoms with Gasteiger partial charge in [-0.15, -0.1) is 0 Å². The zero-order valence-electron chi connectivity index (χ0n) is 14.4. The molecule has 2 aromatic carbocycles. The minimum Gasteiger partial charge on any atom is -0.451 e. The Kier molecular flexibility index (Phi) is 5.64. The number of halogens is 5. The van der Waals surface area contributed by atoms with Gasteiger partial charge in [-0.05, 0) is 30.7 Å². The van der Waals surface area contributed by atoms with E-state index in [0.29, 0.717) is 6.42 Å². The molecule has 0 saturated carbocycles. The topological polar surface area (TPSA) is 84.5 Å². The van der Waals surface area contributed by atoms with Crippen molar-refractivity contribution in [2.24, 2.45) is 0 Å². The molecule has 2 aromatic rings. The maximum atomic E-state index is 13.6. The molecule has 156 valence electrons. The van der Waals surface area contributed by atoms with E-state index in [2.05, 4.69) is 10.6 Å². The van der Waals surface area contributed by atoms with Gasteiger partial charge in [0.1, 0.15) is 5.75 Å². The van der Waals surface area contributed by atoms with Crippen LogP contribution in [0.5, 0.6) is 11.5 Å². The maximum absolute atomic E-state index is 13.6. The first kappa shape index (κ1) is 20.8. The number of rotatable bonds is 4. The van der Waals surface area contributed by atoms with Crippen molar-refractivity contribution in [1.29, 1.82) is 0 Å². The Morgan fingerprint density at radius 3 is 2.00 bits per heavy atom. The molecule has 1 fully saturated rings. The van der Waals surface area contributed by atoms with Gasteiger partial charge in [-0.1, -0.05) is 0 Å². The molecular weight excluding hydrogens is 423 g/mol. The summed E-state index contributed by atoms with van der Waals surface area (Å²) in [6.45, 7) is 0. The zero-order chi connectivity index (χ0) is 21.3. The summed E-state index contributed by atoms with van der Waals surface area (Å²) in [5, 5.41) is 4.91. The van der Waals surface area contributed by atoms with E-state index in [-0.39, 0.29) is 22.9 Å². The lowest BCUT2D eigenvalue weighted by Gasteiger charge is -2.13. The Morgan fingerprint density at radius 2 is 1.48 bits per heavy atom. The molecule has 0 spiro atoms. The standard InChI is InChI=1S/C17H13F5N2O4S/c18-11-12(19)14(21)16(15(22)13(11)20)28-10-3-1-8(2-4-10)23-17(25)24-9-5-6-29(26,27)7-9/h1-4,9H,5-7H2,(H2,23,24,25)/t9-/m0/s1. The average Bonchev–Trinajstić information content (AvgIpc) is 3.01. The number of nitrogens with one attached hydrogen (secondary N) is 2. The Morgan fingerprint density at radius 1 is 0.931 bits per heavy atom. The van der Waals surface area contributed by atoms with Crippen LogP contribution in [0.2, 0.25) is 0 Å². The van der Waals surface area contributed by atoms with E-state index >= 15 is 0 Å². The largest absolute Gasteiger partial charge is 0.451 e. The summed E-state index contributed by atoms with van der Waals surface area (Å²) in [6.07, 6.45) is 0.296. The number of sulfone groups is 1. The predicted octanol–water partition coefficient (Wildman–Crippen LogP) is 3.48. The smallest absolute Gasteiger partial charge is 0.319 e. The fraction of sp³-hybridized carbons (Fsp3) is 0.235. The quantitative estimate of drug-likeness (QED) is 0.437. The molecule has 29 heavy (non-hydrogen) atoms. The fourth-order valence-corrected chi connectivity index (χ4v) is 4.33. The van der Waals surface area contributed by atoms with Crippen LogP contribution in [0.25, 0.3) is 0 Å². The molecule has 1 aliphatic rings. The Labute approximate surface area is 161 Å². The van der Waals surface area contributed by atoms with Gasteiger partial charge in [0.25, 0.3) is 0 Å². The number of carbonyl (C=O) groups is 1. The van der Waals surface area contributed by atoms with Crippen LogP contribution in [0.1, 0.15) is 6.42 Å². The van der Waals surface area contributed by atoms with Crippen LogP contribution < -0.4 is 15.4 Å². The van der Waals surface area contributed by atoms with Crippen molar-refractivity contribution >= 4 is 21.6 Å². The Hall–Kier alpha value is -2.89. The van der Waals surface area contributed by atoms with Gasteiger partial charge in [0.2, 0.25) is 34.8 Å². The van der Waals surface area contributed by atoms with Crippen molar-refractivity contribution in [3.8, 4) is 11.5 Å². The molecule has 12 heteroatoms. The summed E-state index contributed by atoms with van der Waals surface area (Å²) in [5.41, 5.74) is 0.216. The van der Waals surface area contributed by atoms with E-state index < -0.39 is 56.7 Å². The summed E-state index contributed by atoms with van der Waals surface area (Å²) in [4.78, 5) is 11.9. The van der Waals surface area contributed by atoms with Gasteiger partial charge < -0.3 is 15.4 Å². The van der Waals surface area contributed by atoms with Gasteiger partial charge in [-0.2, -0.15) is 8.78 Å². The Bertz CT molecular complexity index is 1030. The molecule has 3 rings (SSSR count). The SMILES string of the molecule is O=C(Nc1ccc(Oc2c(F)c(F)c(F)c(F)c2F)cc1)N[C@H]1CCS(=O)(=O)C1. The van der Waals surface area contributed by atoms with E-state index in [1.807, 2.05) is 0 Å².